The second-order valence-corrected chi connectivity index (χ2v) is 5.47. The Hall–Kier alpha value is -2.47. The predicted octanol–water partition coefficient (Wildman–Crippen LogP) is 1.76. The van der Waals surface area contributed by atoms with Gasteiger partial charge in [-0.2, -0.15) is 5.10 Å². The van der Waals surface area contributed by atoms with E-state index in [-0.39, 0.29) is 11.7 Å². The van der Waals surface area contributed by atoms with Crippen LogP contribution in [0.15, 0.2) is 47.7 Å². The summed E-state index contributed by atoms with van der Waals surface area (Å²) in [4.78, 5) is 17.0. The molecule has 0 amide bonds. The van der Waals surface area contributed by atoms with Crippen LogP contribution in [0.25, 0.3) is 16.7 Å². The van der Waals surface area contributed by atoms with E-state index in [2.05, 4.69) is 10.1 Å². The van der Waals surface area contributed by atoms with Crippen molar-refractivity contribution in [1.29, 1.82) is 0 Å². The maximum Gasteiger partial charge on any atom is 0.264 e. The molecule has 22 heavy (non-hydrogen) atoms. The molecule has 1 aliphatic heterocycles. The van der Waals surface area contributed by atoms with Crippen LogP contribution in [0.5, 0.6) is 0 Å². The van der Waals surface area contributed by atoms with Gasteiger partial charge in [-0.1, -0.05) is 18.2 Å². The molecule has 3 heterocycles. The Morgan fingerprint density at radius 1 is 1.27 bits per heavy atom. The number of hydrogen-bond acceptors (Lipinski definition) is 4. The van der Waals surface area contributed by atoms with E-state index in [1.165, 1.54) is 0 Å². The first kappa shape index (κ1) is 13.2. The highest BCUT2D eigenvalue weighted by molar-refractivity contribution is 5.74. The van der Waals surface area contributed by atoms with Gasteiger partial charge in [-0.05, 0) is 25.0 Å². The Balaban J connectivity index is 1.76. The summed E-state index contributed by atoms with van der Waals surface area (Å²) in [6.07, 6.45) is 5.34. The van der Waals surface area contributed by atoms with Crippen molar-refractivity contribution < 1.29 is 4.74 Å². The van der Waals surface area contributed by atoms with Crippen LogP contribution >= 0.6 is 0 Å². The quantitative estimate of drug-likeness (QED) is 0.739. The topological polar surface area (TPSA) is 61.9 Å². The fraction of sp³-hybridized carbons (Fsp3) is 0.312. The van der Waals surface area contributed by atoms with E-state index in [1.54, 1.807) is 21.8 Å². The molecule has 1 saturated heterocycles. The number of hydrogen-bond donors (Lipinski definition) is 0. The van der Waals surface area contributed by atoms with Gasteiger partial charge in [0.25, 0.3) is 5.56 Å². The average Bonchev–Trinajstić information content (AvgIpc) is 3.21. The molecule has 0 radical (unpaired) electrons. The predicted molar refractivity (Wildman–Crippen MR) is 82.1 cm³/mol. The number of rotatable bonds is 3. The first-order valence-corrected chi connectivity index (χ1v) is 7.43. The van der Waals surface area contributed by atoms with Crippen LogP contribution in [0, 0.1) is 0 Å². The smallest absolute Gasteiger partial charge is 0.264 e. The molecule has 0 unspecified atom stereocenters. The summed E-state index contributed by atoms with van der Waals surface area (Å²) >= 11 is 0. The number of aromatic nitrogens is 4. The van der Waals surface area contributed by atoms with Crippen LogP contribution in [0.3, 0.4) is 0 Å². The van der Waals surface area contributed by atoms with Crippen LogP contribution < -0.4 is 5.56 Å². The monoisotopic (exact) mass is 296 g/mol. The van der Waals surface area contributed by atoms with Crippen LogP contribution in [0.1, 0.15) is 12.8 Å². The standard InChI is InChI=1S/C16H16N4O2/c21-16-14-9-18-20(12-5-2-1-3-6-12)15(14)17-11-19(16)10-13-7-4-8-22-13/h1-3,5-6,9,11,13H,4,7-8,10H2/t13-/m1/s1. The molecule has 0 spiro atoms. The summed E-state index contributed by atoms with van der Waals surface area (Å²) in [6, 6.07) is 9.68. The lowest BCUT2D eigenvalue weighted by Gasteiger charge is -2.11. The number of para-hydroxylation sites is 1. The highest BCUT2D eigenvalue weighted by Crippen LogP contribution is 2.15. The normalized spacial score (nSPS) is 18.1. The molecule has 1 fully saturated rings. The minimum atomic E-state index is -0.0670. The highest BCUT2D eigenvalue weighted by atomic mass is 16.5. The van der Waals surface area contributed by atoms with Crippen molar-refractivity contribution in [2.75, 3.05) is 6.61 Å². The van der Waals surface area contributed by atoms with Gasteiger partial charge in [-0.3, -0.25) is 9.36 Å². The third-order valence-corrected chi connectivity index (χ3v) is 3.98. The van der Waals surface area contributed by atoms with Crippen LogP contribution in [0.2, 0.25) is 0 Å². The van der Waals surface area contributed by atoms with Gasteiger partial charge in [-0.25, -0.2) is 9.67 Å². The lowest BCUT2D eigenvalue weighted by atomic mass is 10.2. The van der Waals surface area contributed by atoms with Crippen molar-refractivity contribution in [3.05, 3.63) is 53.2 Å². The molecular weight excluding hydrogens is 280 g/mol. The molecule has 0 aliphatic carbocycles. The molecule has 0 bridgehead atoms. The number of benzene rings is 1. The molecule has 1 aliphatic rings. The summed E-state index contributed by atoms with van der Waals surface area (Å²) in [6.45, 7) is 1.33. The molecule has 1 atom stereocenters. The third-order valence-electron chi connectivity index (χ3n) is 3.98. The summed E-state index contributed by atoms with van der Waals surface area (Å²) in [5, 5.41) is 4.84. The van der Waals surface area contributed by atoms with Crippen molar-refractivity contribution in [2.24, 2.45) is 0 Å². The molecule has 3 aromatic rings. The second kappa shape index (κ2) is 5.38. The van der Waals surface area contributed by atoms with Gasteiger partial charge in [-0.15, -0.1) is 0 Å². The fourth-order valence-electron chi connectivity index (χ4n) is 2.84. The average molecular weight is 296 g/mol. The Morgan fingerprint density at radius 2 is 2.14 bits per heavy atom. The zero-order valence-electron chi connectivity index (χ0n) is 12.1. The Bertz CT molecular complexity index is 847. The van der Waals surface area contributed by atoms with Crippen molar-refractivity contribution in [3.63, 3.8) is 0 Å². The van der Waals surface area contributed by atoms with Gasteiger partial charge < -0.3 is 4.74 Å². The molecule has 4 rings (SSSR count). The lowest BCUT2D eigenvalue weighted by Crippen LogP contribution is -2.26. The van der Waals surface area contributed by atoms with Crippen molar-refractivity contribution in [3.8, 4) is 5.69 Å². The number of ether oxygens (including phenoxy) is 1. The van der Waals surface area contributed by atoms with E-state index >= 15 is 0 Å². The molecule has 2 aromatic heterocycles. The van der Waals surface area contributed by atoms with Gasteiger partial charge in [0, 0.05) is 6.61 Å². The van der Waals surface area contributed by atoms with Gasteiger partial charge in [0.2, 0.25) is 0 Å². The van der Waals surface area contributed by atoms with Crippen molar-refractivity contribution in [1.82, 2.24) is 19.3 Å². The minimum absolute atomic E-state index is 0.0670. The van der Waals surface area contributed by atoms with Gasteiger partial charge in [0.1, 0.15) is 11.7 Å². The Morgan fingerprint density at radius 3 is 2.91 bits per heavy atom. The first-order valence-electron chi connectivity index (χ1n) is 7.43. The maximum atomic E-state index is 12.6. The number of fused-ring (bicyclic) bond motifs is 1. The van der Waals surface area contributed by atoms with E-state index < -0.39 is 0 Å². The molecule has 0 saturated carbocycles. The van der Waals surface area contributed by atoms with E-state index in [0.29, 0.717) is 17.6 Å². The molecule has 1 aromatic carbocycles. The van der Waals surface area contributed by atoms with Crippen molar-refractivity contribution >= 4 is 11.0 Å². The van der Waals surface area contributed by atoms with Crippen molar-refractivity contribution in [2.45, 2.75) is 25.5 Å². The molecular formula is C16H16N4O2. The van der Waals surface area contributed by atoms with E-state index in [9.17, 15) is 4.79 Å². The Labute approximate surface area is 127 Å². The summed E-state index contributed by atoms with van der Waals surface area (Å²) in [5.41, 5.74) is 1.41. The maximum absolute atomic E-state index is 12.6. The first-order chi connectivity index (χ1) is 10.8. The SMILES string of the molecule is O=c1c2cnn(-c3ccccc3)c2ncn1C[C@H]1CCCO1. The molecule has 6 nitrogen and oxygen atoms in total. The van der Waals surface area contributed by atoms with Crippen LogP contribution in [0.4, 0.5) is 0 Å². The van der Waals surface area contributed by atoms with Crippen LogP contribution in [-0.2, 0) is 11.3 Å². The number of nitrogens with zero attached hydrogens (tertiary/aromatic N) is 4. The molecule has 112 valence electrons. The Kier molecular flexibility index (Phi) is 3.23. The van der Waals surface area contributed by atoms with Crippen LogP contribution in [-0.4, -0.2) is 32.0 Å². The minimum Gasteiger partial charge on any atom is -0.376 e. The molecule has 0 N–H and O–H groups in total. The van der Waals surface area contributed by atoms with E-state index in [0.717, 1.165) is 25.1 Å². The second-order valence-electron chi connectivity index (χ2n) is 5.47. The summed E-state index contributed by atoms with van der Waals surface area (Å²) < 4.78 is 8.90. The van der Waals surface area contributed by atoms with E-state index in [4.69, 9.17) is 4.74 Å². The zero-order valence-corrected chi connectivity index (χ0v) is 12.1. The lowest BCUT2D eigenvalue weighted by molar-refractivity contribution is 0.0960. The fourth-order valence-corrected chi connectivity index (χ4v) is 2.84. The summed E-state index contributed by atoms with van der Waals surface area (Å²) in [5.74, 6) is 0. The van der Waals surface area contributed by atoms with Gasteiger partial charge >= 0.3 is 0 Å². The van der Waals surface area contributed by atoms with E-state index in [1.807, 2.05) is 30.3 Å². The molecule has 6 heteroatoms. The van der Waals surface area contributed by atoms with Gasteiger partial charge in [0.15, 0.2) is 5.65 Å². The summed E-state index contributed by atoms with van der Waals surface area (Å²) in [7, 11) is 0. The third kappa shape index (κ3) is 2.21. The van der Waals surface area contributed by atoms with Gasteiger partial charge in [0.05, 0.1) is 24.5 Å². The zero-order chi connectivity index (χ0) is 14.9. The highest BCUT2D eigenvalue weighted by Gasteiger charge is 2.18. The largest absolute Gasteiger partial charge is 0.376 e.